The summed E-state index contributed by atoms with van der Waals surface area (Å²) in [5, 5.41) is 16.2. The van der Waals surface area contributed by atoms with Gasteiger partial charge in [0.2, 0.25) is 0 Å². The number of aliphatic hydroxyl groups excluding tert-OH is 1. The number of nitrogens with one attached hydrogen (secondary N) is 2. The van der Waals surface area contributed by atoms with Crippen LogP contribution < -0.4 is 10.6 Å². The maximum atomic E-state index is 9.42. The van der Waals surface area contributed by atoms with E-state index in [1.165, 1.54) is 18.4 Å². The molecule has 0 aliphatic heterocycles. The number of rotatable bonds is 8. The van der Waals surface area contributed by atoms with Crippen molar-refractivity contribution in [1.82, 2.24) is 9.97 Å². The molecule has 1 aliphatic rings. The van der Waals surface area contributed by atoms with E-state index >= 15 is 0 Å². The lowest BCUT2D eigenvalue weighted by Crippen LogP contribution is -2.22. The van der Waals surface area contributed by atoms with Crippen molar-refractivity contribution < 1.29 is 5.11 Å². The molecule has 3 N–H and O–H groups in total. The van der Waals surface area contributed by atoms with Crippen LogP contribution in [0.1, 0.15) is 45.1 Å². The van der Waals surface area contributed by atoms with Crippen LogP contribution in [0.4, 0.5) is 11.6 Å². The maximum Gasteiger partial charge on any atom is 0.134 e. The van der Waals surface area contributed by atoms with Gasteiger partial charge in [-0.3, -0.25) is 0 Å². The van der Waals surface area contributed by atoms with Crippen LogP contribution in [0.2, 0.25) is 0 Å². The van der Waals surface area contributed by atoms with Gasteiger partial charge in [0.15, 0.2) is 0 Å². The van der Waals surface area contributed by atoms with Crippen molar-refractivity contribution in [2.24, 2.45) is 11.8 Å². The molecule has 1 saturated carbocycles. The number of hydrogen-bond acceptors (Lipinski definition) is 5. The van der Waals surface area contributed by atoms with Crippen LogP contribution in [0.3, 0.4) is 0 Å². The highest BCUT2D eigenvalue weighted by Gasteiger charge is 2.26. The quantitative estimate of drug-likeness (QED) is 0.687. The molecule has 1 heterocycles. The van der Waals surface area contributed by atoms with Crippen LogP contribution in [0, 0.1) is 11.8 Å². The summed E-state index contributed by atoms with van der Waals surface area (Å²) in [4.78, 5) is 8.78. The van der Waals surface area contributed by atoms with Crippen molar-refractivity contribution in [3.05, 3.63) is 11.9 Å². The molecule has 2 rings (SSSR count). The van der Waals surface area contributed by atoms with E-state index in [9.17, 15) is 5.11 Å². The minimum Gasteiger partial charge on any atom is -0.396 e. The lowest BCUT2D eigenvalue weighted by molar-refractivity contribution is 0.199. The van der Waals surface area contributed by atoms with Gasteiger partial charge in [0.25, 0.3) is 0 Å². The highest BCUT2D eigenvalue weighted by atomic mass is 16.3. The standard InChI is InChI=1S/C16H28N4O/c1-3-6-14-15(17-4-2)19-11-20-16(14)18-9-12-7-5-8-13(12)10-21/h11-13,21H,3-10H2,1-2H3,(H2,17,18,19,20). The second-order valence-electron chi connectivity index (χ2n) is 5.84. The lowest BCUT2D eigenvalue weighted by atomic mass is 9.97. The number of hydrogen-bond donors (Lipinski definition) is 3. The smallest absolute Gasteiger partial charge is 0.134 e. The van der Waals surface area contributed by atoms with Gasteiger partial charge in [-0.2, -0.15) is 0 Å². The fraction of sp³-hybridized carbons (Fsp3) is 0.750. The SMILES string of the molecule is CCCc1c(NCC)ncnc1NCC1CCCC1CO. The third-order valence-corrected chi connectivity index (χ3v) is 4.37. The molecule has 2 unspecified atom stereocenters. The summed E-state index contributed by atoms with van der Waals surface area (Å²) in [7, 11) is 0. The predicted octanol–water partition coefficient (Wildman–Crippen LogP) is 2.68. The molecule has 0 aromatic carbocycles. The monoisotopic (exact) mass is 292 g/mol. The molecule has 0 spiro atoms. The van der Waals surface area contributed by atoms with E-state index in [1.807, 2.05) is 0 Å². The molecule has 0 radical (unpaired) electrons. The van der Waals surface area contributed by atoms with E-state index in [1.54, 1.807) is 6.33 Å². The van der Waals surface area contributed by atoms with E-state index in [0.717, 1.165) is 44.0 Å². The zero-order valence-corrected chi connectivity index (χ0v) is 13.2. The fourth-order valence-corrected chi connectivity index (χ4v) is 3.22. The summed E-state index contributed by atoms with van der Waals surface area (Å²) in [6.45, 7) is 6.31. The molecule has 1 aliphatic carbocycles. The fourth-order valence-electron chi connectivity index (χ4n) is 3.22. The average Bonchev–Trinajstić information content (AvgIpc) is 2.95. The van der Waals surface area contributed by atoms with E-state index in [4.69, 9.17) is 0 Å². The van der Waals surface area contributed by atoms with E-state index in [0.29, 0.717) is 18.4 Å². The van der Waals surface area contributed by atoms with Crippen LogP contribution in [0.25, 0.3) is 0 Å². The third kappa shape index (κ3) is 4.06. The van der Waals surface area contributed by atoms with Crippen molar-refractivity contribution in [2.75, 3.05) is 30.3 Å². The van der Waals surface area contributed by atoms with E-state index in [-0.39, 0.29) is 0 Å². The molecule has 1 aromatic rings. The van der Waals surface area contributed by atoms with Crippen LogP contribution in [-0.2, 0) is 6.42 Å². The van der Waals surface area contributed by atoms with Crippen LogP contribution in [-0.4, -0.2) is 34.8 Å². The van der Waals surface area contributed by atoms with E-state index < -0.39 is 0 Å². The Hall–Kier alpha value is -1.36. The van der Waals surface area contributed by atoms with Gasteiger partial charge in [0.05, 0.1) is 0 Å². The summed E-state index contributed by atoms with van der Waals surface area (Å²) in [6.07, 6.45) is 7.25. The normalized spacial score (nSPS) is 21.5. The second kappa shape index (κ2) is 8.17. The average molecular weight is 292 g/mol. The third-order valence-electron chi connectivity index (χ3n) is 4.37. The number of aliphatic hydroxyl groups is 1. The van der Waals surface area contributed by atoms with Gasteiger partial charge >= 0.3 is 0 Å². The highest BCUT2D eigenvalue weighted by Crippen LogP contribution is 2.32. The molecule has 1 fully saturated rings. The van der Waals surface area contributed by atoms with Gasteiger partial charge in [-0.25, -0.2) is 9.97 Å². The molecule has 0 bridgehead atoms. The Morgan fingerprint density at radius 3 is 2.52 bits per heavy atom. The summed E-state index contributed by atoms with van der Waals surface area (Å²) in [6, 6.07) is 0. The maximum absolute atomic E-state index is 9.42. The van der Waals surface area contributed by atoms with Gasteiger partial charge in [-0.15, -0.1) is 0 Å². The van der Waals surface area contributed by atoms with Crippen molar-refractivity contribution in [1.29, 1.82) is 0 Å². The van der Waals surface area contributed by atoms with Gasteiger partial charge in [0, 0.05) is 25.3 Å². The Bertz CT molecular complexity index is 438. The Labute approximate surface area is 127 Å². The topological polar surface area (TPSA) is 70.1 Å². The van der Waals surface area contributed by atoms with Crippen molar-refractivity contribution in [3.63, 3.8) is 0 Å². The first-order valence-electron chi connectivity index (χ1n) is 8.22. The van der Waals surface area contributed by atoms with Gasteiger partial charge in [0.1, 0.15) is 18.0 Å². The zero-order valence-electron chi connectivity index (χ0n) is 13.2. The first kappa shape index (κ1) is 16.0. The zero-order chi connectivity index (χ0) is 15.1. The highest BCUT2D eigenvalue weighted by molar-refractivity contribution is 5.57. The van der Waals surface area contributed by atoms with Crippen molar-refractivity contribution in [3.8, 4) is 0 Å². The van der Waals surface area contributed by atoms with Crippen molar-refractivity contribution >= 4 is 11.6 Å². The molecule has 21 heavy (non-hydrogen) atoms. The molecule has 2 atom stereocenters. The molecular weight excluding hydrogens is 264 g/mol. The van der Waals surface area contributed by atoms with Gasteiger partial charge < -0.3 is 15.7 Å². The number of aromatic nitrogens is 2. The van der Waals surface area contributed by atoms with E-state index in [2.05, 4.69) is 34.4 Å². The van der Waals surface area contributed by atoms with Crippen molar-refractivity contribution in [2.45, 2.75) is 46.0 Å². The summed E-state index contributed by atoms with van der Waals surface area (Å²) in [5.41, 5.74) is 1.18. The number of anilines is 2. The molecule has 5 nitrogen and oxygen atoms in total. The van der Waals surface area contributed by atoms with Crippen LogP contribution in [0.15, 0.2) is 6.33 Å². The summed E-state index contributed by atoms with van der Waals surface area (Å²) in [5.74, 6) is 2.90. The first-order valence-corrected chi connectivity index (χ1v) is 8.22. The predicted molar refractivity (Wildman–Crippen MR) is 86.6 cm³/mol. The lowest BCUT2D eigenvalue weighted by Gasteiger charge is -2.20. The molecule has 0 amide bonds. The number of nitrogens with zero attached hydrogens (tertiary/aromatic N) is 2. The van der Waals surface area contributed by atoms with Gasteiger partial charge in [-0.05, 0) is 38.0 Å². The Morgan fingerprint density at radius 2 is 1.86 bits per heavy atom. The molecule has 118 valence electrons. The molecule has 0 saturated heterocycles. The Morgan fingerprint density at radius 1 is 1.14 bits per heavy atom. The Kier molecular flexibility index (Phi) is 6.23. The van der Waals surface area contributed by atoms with Gasteiger partial charge in [-0.1, -0.05) is 19.8 Å². The molecular formula is C16H28N4O. The Balaban J connectivity index is 2.06. The van der Waals surface area contributed by atoms with Crippen LogP contribution in [0.5, 0.6) is 0 Å². The summed E-state index contributed by atoms with van der Waals surface area (Å²) < 4.78 is 0. The first-order chi connectivity index (χ1) is 10.3. The molecule has 1 aromatic heterocycles. The second-order valence-corrected chi connectivity index (χ2v) is 5.84. The minimum atomic E-state index is 0.306. The largest absolute Gasteiger partial charge is 0.396 e. The minimum absolute atomic E-state index is 0.306. The summed E-state index contributed by atoms with van der Waals surface area (Å²) >= 11 is 0. The molecule has 5 heteroatoms. The van der Waals surface area contributed by atoms with Crippen LogP contribution >= 0.6 is 0 Å².